The lowest BCUT2D eigenvalue weighted by molar-refractivity contribution is -0.122. The van der Waals surface area contributed by atoms with Crippen molar-refractivity contribution in [3.8, 4) is 16.8 Å². The van der Waals surface area contributed by atoms with Crippen LogP contribution in [0.3, 0.4) is 0 Å². The van der Waals surface area contributed by atoms with E-state index in [4.69, 9.17) is 12.2 Å². The van der Waals surface area contributed by atoms with E-state index in [1.807, 2.05) is 50.2 Å². The molecule has 1 saturated heterocycles. The molecule has 0 saturated carbocycles. The predicted octanol–water partition coefficient (Wildman–Crippen LogP) is 6.35. The second kappa shape index (κ2) is 9.68. The van der Waals surface area contributed by atoms with E-state index in [9.17, 15) is 9.59 Å². The molecule has 2 heterocycles. The molecule has 0 unspecified atom stereocenters. The van der Waals surface area contributed by atoms with Crippen molar-refractivity contribution in [3.05, 3.63) is 112 Å². The minimum atomic E-state index is -0.504. The lowest BCUT2D eigenvalue weighted by Crippen LogP contribution is -2.54. The number of thiocarbonyl (C=S) groups is 1. The predicted molar refractivity (Wildman–Crippen MR) is 151 cm³/mol. The average molecular weight is 556 g/mol. The summed E-state index contributed by atoms with van der Waals surface area (Å²) in [6.45, 7) is 3.99. The van der Waals surface area contributed by atoms with E-state index in [1.54, 1.807) is 18.2 Å². The first kappa shape index (κ1) is 23.9. The summed E-state index contributed by atoms with van der Waals surface area (Å²) in [5.41, 5.74) is 6.64. The standard InChI is InChI=1S/C29H22BrN3O2S/c1-18-16-22(19(2)32(18)24-12-8-21(9-13-24)20-6-4-3-5-7-20)17-26-27(34)31-29(36)33(28(26)35)25-14-10-23(30)11-15-25/h3-17H,1-2H3,(H,31,34,36)/b26-17-. The van der Waals surface area contributed by atoms with Gasteiger partial charge in [0, 0.05) is 21.5 Å². The van der Waals surface area contributed by atoms with Gasteiger partial charge in [-0.2, -0.15) is 0 Å². The van der Waals surface area contributed by atoms with Crippen LogP contribution in [0.1, 0.15) is 17.0 Å². The summed E-state index contributed by atoms with van der Waals surface area (Å²) in [5, 5.41) is 2.71. The molecule has 2 amide bonds. The van der Waals surface area contributed by atoms with Crippen molar-refractivity contribution < 1.29 is 9.59 Å². The molecule has 1 aromatic heterocycles. The van der Waals surface area contributed by atoms with E-state index in [0.29, 0.717) is 5.69 Å². The van der Waals surface area contributed by atoms with Crippen LogP contribution < -0.4 is 10.2 Å². The molecule has 1 aliphatic heterocycles. The fourth-order valence-corrected chi connectivity index (χ4v) is 4.95. The number of benzene rings is 3. The van der Waals surface area contributed by atoms with Crippen molar-refractivity contribution in [3.63, 3.8) is 0 Å². The summed E-state index contributed by atoms with van der Waals surface area (Å²) >= 11 is 8.70. The molecular formula is C29H22BrN3O2S. The molecule has 4 aromatic rings. The Hall–Kier alpha value is -3.81. The summed E-state index contributed by atoms with van der Waals surface area (Å²) in [6, 6.07) is 27.7. The number of nitrogens with zero attached hydrogens (tertiary/aromatic N) is 2. The molecule has 36 heavy (non-hydrogen) atoms. The molecule has 0 spiro atoms. The van der Waals surface area contributed by atoms with Gasteiger partial charge in [0.05, 0.1) is 5.69 Å². The van der Waals surface area contributed by atoms with Gasteiger partial charge in [-0.15, -0.1) is 0 Å². The fraction of sp³-hybridized carbons (Fsp3) is 0.0690. The highest BCUT2D eigenvalue weighted by molar-refractivity contribution is 9.10. The van der Waals surface area contributed by atoms with Crippen molar-refractivity contribution in [2.45, 2.75) is 13.8 Å². The maximum atomic E-state index is 13.4. The Labute approximate surface area is 223 Å². The molecule has 1 aliphatic rings. The van der Waals surface area contributed by atoms with Gasteiger partial charge in [0.15, 0.2) is 5.11 Å². The summed E-state index contributed by atoms with van der Waals surface area (Å²) in [7, 11) is 0. The van der Waals surface area contributed by atoms with Gasteiger partial charge in [0.25, 0.3) is 11.8 Å². The highest BCUT2D eigenvalue weighted by Gasteiger charge is 2.34. The van der Waals surface area contributed by atoms with Gasteiger partial charge in [-0.1, -0.05) is 58.4 Å². The number of halogens is 1. The average Bonchev–Trinajstić information content (AvgIpc) is 3.16. The smallest absolute Gasteiger partial charge is 0.270 e. The van der Waals surface area contributed by atoms with Gasteiger partial charge in [0.2, 0.25) is 0 Å². The zero-order chi connectivity index (χ0) is 25.4. The van der Waals surface area contributed by atoms with Crippen LogP contribution >= 0.6 is 28.1 Å². The number of aryl methyl sites for hydroxylation is 1. The highest BCUT2D eigenvalue weighted by Crippen LogP contribution is 2.28. The molecule has 178 valence electrons. The third-order valence-corrected chi connectivity index (χ3v) is 7.00. The maximum Gasteiger partial charge on any atom is 0.270 e. The Bertz CT molecular complexity index is 1520. The lowest BCUT2D eigenvalue weighted by atomic mass is 10.1. The first-order valence-electron chi connectivity index (χ1n) is 11.4. The van der Waals surface area contributed by atoms with Crippen molar-refractivity contribution in [2.24, 2.45) is 0 Å². The van der Waals surface area contributed by atoms with Gasteiger partial charge in [-0.3, -0.25) is 19.8 Å². The van der Waals surface area contributed by atoms with E-state index in [1.165, 1.54) is 4.90 Å². The Balaban J connectivity index is 1.49. The zero-order valence-corrected chi connectivity index (χ0v) is 22.1. The first-order chi connectivity index (χ1) is 17.3. The summed E-state index contributed by atoms with van der Waals surface area (Å²) in [5.74, 6) is -0.960. The van der Waals surface area contributed by atoms with Crippen molar-refractivity contribution in [2.75, 3.05) is 4.90 Å². The van der Waals surface area contributed by atoms with Crippen LogP contribution in [0.5, 0.6) is 0 Å². The minimum Gasteiger partial charge on any atom is -0.318 e. The molecule has 5 rings (SSSR count). The topological polar surface area (TPSA) is 54.3 Å². The molecule has 0 radical (unpaired) electrons. The second-order valence-corrected chi connectivity index (χ2v) is 9.81. The van der Waals surface area contributed by atoms with E-state index in [-0.39, 0.29) is 10.7 Å². The molecule has 0 aliphatic carbocycles. The van der Waals surface area contributed by atoms with Crippen LogP contribution in [-0.4, -0.2) is 21.5 Å². The highest BCUT2D eigenvalue weighted by atomic mass is 79.9. The number of carbonyl (C=O) groups excluding carboxylic acids is 2. The van der Waals surface area contributed by atoms with Gasteiger partial charge >= 0.3 is 0 Å². The third kappa shape index (κ3) is 4.43. The Morgan fingerprint density at radius 1 is 0.833 bits per heavy atom. The minimum absolute atomic E-state index is 0.0335. The van der Waals surface area contributed by atoms with E-state index in [0.717, 1.165) is 38.2 Å². The molecule has 1 N–H and O–H groups in total. The van der Waals surface area contributed by atoms with Crippen molar-refractivity contribution in [1.29, 1.82) is 0 Å². The largest absolute Gasteiger partial charge is 0.318 e. The van der Waals surface area contributed by atoms with E-state index >= 15 is 0 Å². The summed E-state index contributed by atoms with van der Waals surface area (Å²) in [6.07, 6.45) is 1.64. The maximum absolute atomic E-state index is 13.4. The van der Waals surface area contributed by atoms with Gasteiger partial charge in [-0.25, -0.2) is 0 Å². The Kier molecular flexibility index (Phi) is 6.43. The normalized spacial score (nSPS) is 14.9. The summed E-state index contributed by atoms with van der Waals surface area (Å²) < 4.78 is 2.99. The van der Waals surface area contributed by atoms with Crippen LogP contribution in [0.2, 0.25) is 0 Å². The number of anilines is 1. The second-order valence-electron chi connectivity index (χ2n) is 8.51. The van der Waals surface area contributed by atoms with Crippen LogP contribution in [-0.2, 0) is 9.59 Å². The fourth-order valence-electron chi connectivity index (χ4n) is 4.40. The lowest BCUT2D eigenvalue weighted by Gasteiger charge is -2.29. The number of hydrogen-bond acceptors (Lipinski definition) is 3. The molecule has 5 nitrogen and oxygen atoms in total. The van der Waals surface area contributed by atoms with E-state index < -0.39 is 11.8 Å². The number of nitrogens with one attached hydrogen (secondary N) is 1. The zero-order valence-electron chi connectivity index (χ0n) is 19.7. The molecule has 1 fully saturated rings. The quantitative estimate of drug-likeness (QED) is 0.181. The number of hydrogen-bond donors (Lipinski definition) is 1. The first-order valence-corrected chi connectivity index (χ1v) is 12.6. The Morgan fingerprint density at radius 2 is 1.44 bits per heavy atom. The monoisotopic (exact) mass is 555 g/mol. The van der Waals surface area contributed by atoms with Crippen molar-refractivity contribution >= 4 is 56.8 Å². The Morgan fingerprint density at radius 3 is 2.11 bits per heavy atom. The molecular weight excluding hydrogens is 534 g/mol. The van der Waals surface area contributed by atoms with Crippen molar-refractivity contribution in [1.82, 2.24) is 9.88 Å². The van der Waals surface area contributed by atoms with Gasteiger partial charge in [0.1, 0.15) is 5.57 Å². The van der Waals surface area contributed by atoms with Gasteiger partial charge in [-0.05, 0) is 91.3 Å². The van der Waals surface area contributed by atoms with Crippen LogP contribution in [0.25, 0.3) is 22.9 Å². The molecule has 0 atom stereocenters. The van der Waals surface area contributed by atoms with Crippen LogP contribution in [0.15, 0.2) is 95.0 Å². The van der Waals surface area contributed by atoms with E-state index in [2.05, 4.69) is 62.2 Å². The summed E-state index contributed by atoms with van der Waals surface area (Å²) in [4.78, 5) is 27.5. The number of rotatable bonds is 4. The molecule has 0 bridgehead atoms. The van der Waals surface area contributed by atoms with Crippen LogP contribution in [0, 0.1) is 13.8 Å². The molecule has 7 heteroatoms. The third-order valence-electron chi connectivity index (χ3n) is 6.19. The number of amides is 2. The number of aromatic nitrogens is 1. The SMILES string of the molecule is Cc1cc(/C=C2/C(=O)NC(=S)N(c3ccc(Br)cc3)C2=O)c(C)n1-c1ccc(-c2ccccc2)cc1. The number of carbonyl (C=O) groups is 2. The van der Waals surface area contributed by atoms with Crippen LogP contribution in [0.4, 0.5) is 5.69 Å². The van der Waals surface area contributed by atoms with Gasteiger partial charge < -0.3 is 4.57 Å². The molecule has 3 aromatic carbocycles.